The number of amidine groups is 1. The van der Waals surface area contributed by atoms with Crippen LogP contribution in [-0.2, 0) is 11.4 Å². The second kappa shape index (κ2) is 10.7. The van der Waals surface area contributed by atoms with Gasteiger partial charge in [0.05, 0.1) is 26.8 Å². The lowest BCUT2D eigenvalue weighted by atomic mass is 10.1. The van der Waals surface area contributed by atoms with Crippen molar-refractivity contribution in [3.05, 3.63) is 91.9 Å². The molecule has 0 aliphatic carbocycles. The van der Waals surface area contributed by atoms with Crippen LogP contribution in [0.25, 0.3) is 6.08 Å². The average molecular weight is 586 g/mol. The molecule has 0 bridgehead atoms. The molecule has 2 N–H and O–H groups in total. The molecule has 4 rings (SSSR count). The summed E-state index contributed by atoms with van der Waals surface area (Å²) in [4.78, 5) is 28.4. The molecule has 0 saturated carbocycles. The number of rotatable bonds is 7. The number of hydrogen-bond donors (Lipinski definition) is 2. The van der Waals surface area contributed by atoms with Crippen LogP contribution in [0.3, 0.4) is 0 Å². The van der Waals surface area contributed by atoms with Crippen LogP contribution in [0.5, 0.6) is 11.5 Å². The zero-order chi connectivity index (χ0) is 24.1. The number of benzene rings is 3. The largest absolute Gasteiger partial charge is 0.497 e. The minimum Gasteiger partial charge on any atom is -0.497 e. The van der Waals surface area contributed by atoms with Gasteiger partial charge >= 0.3 is 5.97 Å². The van der Waals surface area contributed by atoms with Crippen molar-refractivity contribution in [2.75, 3.05) is 7.11 Å². The number of carboxylic acid groups (broad SMARTS) is 1. The predicted octanol–water partition coefficient (Wildman–Crippen LogP) is 5.47. The SMILES string of the molecule is COc1ccc(N=C2NC(=O)/C(=C/c3ccc(OCc4ccc(C(=O)O)cc4)c(I)c3)S2)cc1. The summed E-state index contributed by atoms with van der Waals surface area (Å²) >= 11 is 3.47. The van der Waals surface area contributed by atoms with E-state index in [2.05, 4.69) is 32.9 Å². The van der Waals surface area contributed by atoms with Crippen molar-refractivity contribution in [1.29, 1.82) is 0 Å². The third-order valence-corrected chi connectivity index (χ3v) is 6.56. The lowest BCUT2D eigenvalue weighted by Gasteiger charge is -2.09. The smallest absolute Gasteiger partial charge is 0.335 e. The number of hydrogen-bond acceptors (Lipinski definition) is 6. The lowest BCUT2D eigenvalue weighted by molar-refractivity contribution is -0.115. The number of thioether (sulfide) groups is 1. The van der Waals surface area contributed by atoms with E-state index < -0.39 is 5.97 Å². The Balaban J connectivity index is 1.41. The van der Waals surface area contributed by atoms with Crippen LogP contribution in [0.1, 0.15) is 21.5 Å². The topological polar surface area (TPSA) is 97.2 Å². The Kier molecular flexibility index (Phi) is 7.53. The minimum atomic E-state index is -0.958. The number of aliphatic imine (C=N–C) groups is 1. The second-order valence-corrected chi connectivity index (χ2v) is 9.35. The van der Waals surface area contributed by atoms with Crippen LogP contribution < -0.4 is 14.8 Å². The highest BCUT2D eigenvalue weighted by Gasteiger charge is 2.24. The van der Waals surface area contributed by atoms with Crippen LogP contribution in [0.4, 0.5) is 5.69 Å². The van der Waals surface area contributed by atoms with E-state index in [9.17, 15) is 9.59 Å². The molecule has 0 aromatic heterocycles. The summed E-state index contributed by atoms with van der Waals surface area (Å²) in [5, 5.41) is 12.3. The maximum absolute atomic E-state index is 12.4. The van der Waals surface area contributed by atoms with Crippen molar-refractivity contribution >= 4 is 63.2 Å². The molecule has 1 saturated heterocycles. The quantitative estimate of drug-likeness (QED) is 0.282. The fraction of sp³-hybridized carbons (Fsp3) is 0.0800. The van der Waals surface area contributed by atoms with Crippen molar-refractivity contribution in [1.82, 2.24) is 5.32 Å². The maximum Gasteiger partial charge on any atom is 0.335 e. The first-order valence-electron chi connectivity index (χ1n) is 10.1. The number of carboxylic acids is 1. The molecule has 1 aliphatic rings. The molecule has 0 spiro atoms. The van der Waals surface area contributed by atoms with E-state index in [-0.39, 0.29) is 11.5 Å². The summed E-state index contributed by atoms with van der Waals surface area (Å²) < 4.78 is 11.9. The fourth-order valence-corrected chi connectivity index (χ4v) is 4.57. The van der Waals surface area contributed by atoms with Gasteiger partial charge in [0.25, 0.3) is 5.91 Å². The Morgan fingerprint density at radius 1 is 1.12 bits per heavy atom. The Morgan fingerprint density at radius 3 is 2.50 bits per heavy atom. The molecule has 3 aromatic carbocycles. The van der Waals surface area contributed by atoms with Gasteiger partial charge in [-0.1, -0.05) is 18.2 Å². The molecule has 3 aromatic rings. The number of aromatic carboxylic acids is 1. The highest BCUT2D eigenvalue weighted by atomic mass is 127. The fourth-order valence-electron chi connectivity index (χ4n) is 3.03. The first-order valence-corrected chi connectivity index (χ1v) is 12.0. The van der Waals surface area contributed by atoms with Gasteiger partial charge in [-0.25, -0.2) is 9.79 Å². The van der Waals surface area contributed by atoms with Gasteiger partial charge in [0, 0.05) is 0 Å². The molecule has 1 fully saturated rings. The summed E-state index contributed by atoms with van der Waals surface area (Å²) in [7, 11) is 1.60. The molecule has 7 nitrogen and oxygen atoms in total. The highest BCUT2D eigenvalue weighted by molar-refractivity contribution is 14.1. The monoisotopic (exact) mass is 586 g/mol. The first kappa shape index (κ1) is 23.8. The van der Waals surface area contributed by atoms with Crippen molar-refractivity contribution in [3.8, 4) is 11.5 Å². The standard InChI is InChI=1S/C25H19IN2O5S/c1-32-19-9-7-18(8-10-19)27-25-28-23(29)22(34-25)13-16-4-11-21(20(26)12-16)33-14-15-2-5-17(6-3-15)24(30)31/h2-13H,14H2,1H3,(H,30,31)(H,27,28,29)/b22-13-. The van der Waals surface area contributed by atoms with Crippen molar-refractivity contribution in [2.45, 2.75) is 6.61 Å². The van der Waals surface area contributed by atoms with E-state index in [0.29, 0.717) is 22.4 Å². The van der Waals surface area contributed by atoms with Gasteiger partial charge < -0.3 is 19.9 Å². The summed E-state index contributed by atoms with van der Waals surface area (Å²) in [6.45, 7) is 0.319. The number of halogens is 1. The number of ether oxygens (including phenoxy) is 2. The summed E-state index contributed by atoms with van der Waals surface area (Å²) in [5.41, 5.74) is 2.70. The van der Waals surface area contributed by atoms with Gasteiger partial charge in [0.2, 0.25) is 0 Å². The predicted molar refractivity (Wildman–Crippen MR) is 141 cm³/mol. The van der Waals surface area contributed by atoms with Crippen LogP contribution in [-0.4, -0.2) is 29.3 Å². The summed E-state index contributed by atoms with van der Waals surface area (Å²) in [6.07, 6.45) is 1.81. The van der Waals surface area contributed by atoms with E-state index in [1.807, 2.05) is 48.5 Å². The highest BCUT2D eigenvalue weighted by Crippen LogP contribution is 2.30. The van der Waals surface area contributed by atoms with Crippen LogP contribution in [0.15, 0.2) is 76.6 Å². The van der Waals surface area contributed by atoms with Crippen LogP contribution in [0, 0.1) is 3.57 Å². The van der Waals surface area contributed by atoms with Crippen LogP contribution >= 0.6 is 34.4 Å². The number of nitrogens with one attached hydrogen (secondary N) is 1. The zero-order valence-corrected chi connectivity index (χ0v) is 20.9. The Morgan fingerprint density at radius 2 is 1.85 bits per heavy atom. The third-order valence-electron chi connectivity index (χ3n) is 4.80. The second-order valence-electron chi connectivity index (χ2n) is 7.16. The lowest BCUT2D eigenvalue weighted by Crippen LogP contribution is -2.19. The third kappa shape index (κ3) is 5.97. The number of carbonyl (C=O) groups is 2. The normalized spacial score (nSPS) is 15.4. The molecule has 9 heteroatoms. The maximum atomic E-state index is 12.4. The van der Waals surface area contributed by atoms with Crippen molar-refractivity contribution < 1.29 is 24.2 Å². The summed E-state index contributed by atoms with van der Waals surface area (Å²) in [5.74, 6) is 0.290. The van der Waals surface area contributed by atoms with E-state index in [1.54, 1.807) is 31.4 Å². The molecule has 1 heterocycles. The van der Waals surface area contributed by atoms with Gasteiger partial charge in [-0.05, 0) is 100 Å². The Labute approximate surface area is 214 Å². The molecule has 34 heavy (non-hydrogen) atoms. The zero-order valence-electron chi connectivity index (χ0n) is 17.9. The summed E-state index contributed by atoms with van der Waals surface area (Å²) in [6, 6.07) is 19.5. The first-order chi connectivity index (χ1) is 16.4. The minimum absolute atomic E-state index is 0.197. The molecule has 0 unspecified atom stereocenters. The molecular weight excluding hydrogens is 567 g/mol. The van der Waals surface area contributed by atoms with E-state index in [1.165, 1.54) is 11.8 Å². The number of carbonyl (C=O) groups excluding carboxylic acids is 1. The molecule has 172 valence electrons. The molecule has 1 amide bonds. The van der Waals surface area contributed by atoms with Crippen molar-refractivity contribution in [2.24, 2.45) is 4.99 Å². The number of amides is 1. The van der Waals surface area contributed by atoms with Crippen LogP contribution in [0.2, 0.25) is 0 Å². The number of nitrogens with zero attached hydrogens (tertiary/aromatic N) is 1. The van der Waals surface area contributed by atoms with Gasteiger partial charge in [0.1, 0.15) is 18.1 Å². The molecule has 1 aliphatic heterocycles. The molecule has 0 radical (unpaired) electrons. The van der Waals surface area contributed by atoms with Gasteiger partial charge in [0.15, 0.2) is 5.17 Å². The number of methoxy groups -OCH3 is 1. The van der Waals surface area contributed by atoms with E-state index >= 15 is 0 Å². The van der Waals surface area contributed by atoms with Crippen molar-refractivity contribution in [3.63, 3.8) is 0 Å². The van der Waals surface area contributed by atoms with E-state index in [4.69, 9.17) is 14.6 Å². The van der Waals surface area contributed by atoms with Gasteiger partial charge in [-0.2, -0.15) is 0 Å². The Bertz CT molecular complexity index is 1290. The average Bonchev–Trinajstić information content (AvgIpc) is 3.17. The van der Waals surface area contributed by atoms with Gasteiger partial charge in [-0.15, -0.1) is 0 Å². The molecular formula is C25H19IN2O5S. The molecule has 0 atom stereocenters. The van der Waals surface area contributed by atoms with Gasteiger partial charge in [-0.3, -0.25) is 4.79 Å². The Hall–Kier alpha value is -3.31. The van der Waals surface area contributed by atoms with E-state index in [0.717, 1.165) is 26.1 Å².